The number of rotatable bonds is 7. The minimum atomic E-state index is -0.385. The van der Waals surface area contributed by atoms with E-state index in [1.54, 1.807) is 0 Å². The van der Waals surface area contributed by atoms with E-state index in [2.05, 4.69) is 42.0 Å². The van der Waals surface area contributed by atoms with Gasteiger partial charge in [-0.25, -0.2) is 4.79 Å². The number of amides is 1. The zero-order valence-corrected chi connectivity index (χ0v) is 23.9. The van der Waals surface area contributed by atoms with Crippen molar-refractivity contribution in [2.75, 3.05) is 19.0 Å². The minimum absolute atomic E-state index is 0.137. The lowest BCUT2D eigenvalue weighted by molar-refractivity contribution is -0.116. The molecule has 1 aromatic heterocycles. The van der Waals surface area contributed by atoms with Crippen LogP contribution < -0.4 is 10.1 Å². The summed E-state index contributed by atoms with van der Waals surface area (Å²) in [5, 5.41) is 4.28. The lowest BCUT2D eigenvalue weighted by Gasteiger charge is -2.33. The number of hydrogen-bond donors (Lipinski definition) is 1. The molecule has 1 aliphatic carbocycles. The number of nitrogens with one attached hydrogen (secondary N) is 1. The molecule has 1 N–H and O–H groups in total. The summed E-state index contributed by atoms with van der Waals surface area (Å²) in [5.41, 5.74) is 3.64. The maximum Gasteiger partial charge on any atom is 0.341 e. The number of carbonyl (C=O) groups excluding carboxylic acids is 2. The number of aryl methyl sites for hydroxylation is 1. The molecule has 34 heavy (non-hydrogen) atoms. The quantitative estimate of drug-likeness (QED) is 0.276. The van der Waals surface area contributed by atoms with E-state index in [1.807, 2.05) is 19.9 Å². The first-order chi connectivity index (χ1) is 15.9. The summed E-state index contributed by atoms with van der Waals surface area (Å²) in [5.74, 6) is 0.738. The van der Waals surface area contributed by atoms with Crippen LogP contribution in [0, 0.1) is 25.2 Å². The van der Waals surface area contributed by atoms with Crippen LogP contribution in [0.4, 0.5) is 5.00 Å². The van der Waals surface area contributed by atoms with Crippen molar-refractivity contribution in [3.05, 3.63) is 42.7 Å². The third kappa shape index (κ3) is 5.97. The van der Waals surface area contributed by atoms with E-state index in [0.717, 1.165) is 40.4 Å². The molecule has 3 rings (SSSR count). The maximum absolute atomic E-state index is 12.7. The Bertz CT molecular complexity index is 1090. The van der Waals surface area contributed by atoms with Gasteiger partial charge in [-0.2, -0.15) is 0 Å². The van der Waals surface area contributed by atoms with Gasteiger partial charge in [-0.1, -0.05) is 32.4 Å². The van der Waals surface area contributed by atoms with Gasteiger partial charge in [0.25, 0.3) is 0 Å². The molecular weight excluding hydrogens is 538 g/mol. The van der Waals surface area contributed by atoms with Crippen molar-refractivity contribution in [3.63, 3.8) is 0 Å². The maximum atomic E-state index is 12.7. The number of anilines is 1. The number of methoxy groups -OCH3 is 1. The zero-order valence-electron chi connectivity index (χ0n) is 20.7. The number of carbonyl (C=O) groups is 2. The molecule has 1 atom stereocenters. The van der Waals surface area contributed by atoms with Gasteiger partial charge in [0.1, 0.15) is 10.8 Å². The molecule has 1 aromatic carbocycles. The summed E-state index contributed by atoms with van der Waals surface area (Å²) in [4.78, 5) is 26.4. The Balaban J connectivity index is 1.64. The second kappa shape index (κ2) is 11.0. The van der Waals surface area contributed by atoms with Crippen molar-refractivity contribution >= 4 is 55.7 Å². The van der Waals surface area contributed by atoms with Crippen molar-refractivity contribution in [2.45, 2.75) is 66.7 Å². The number of ether oxygens (including phenoxy) is 2. The van der Waals surface area contributed by atoms with Crippen molar-refractivity contribution in [1.29, 1.82) is 0 Å². The van der Waals surface area contributed by atoms with Crippen molar-refractivity contribution in [2.24, 2.45) is 11.3 Å². The molecule has 5 nitrogen and oxygen atoms in total. The van der Waals surface area contributed by atoms with Crippen LogP contribution in [-0.4, -0.2) is 25.6 Å². The second-order valence-electron chi connectivity index (χ2n) is 9.95. The molecule has 1 heterocycles. The summed E-state index contributed by atoms with van der Waals surface area (Å²) in [6.07, 6.45) is 3.62. The van der Waals surface area contributed by atoms with Crippen molar-refractivity contribution in [1.82, 2.24) is 0 Å². The van der Waals surface area contributed by atoms with Gasteiger partial charge in [-0.15, -0.1) is 11.3 Å². The summed E-state index contributed by atoms with van der Waals surface area (Å²) in [7, 11) is 1.38. The predicted molar refractivity (Wildman–Crippen MR) is 143 cm³/mol. The highest BCUT2D eigenvalue weighted by Crippen LogP contribution is 2.44. The Morgan fingerprint density at radius 2 is 2.00 bits per heavy atom. The fourth-order valence-electron chi connectivity index (χ4n) is 4.34. The number of hydrogen-bond acceptors (Lipinski definition) is 5. The molecule has 1 unspecified atom stereocenters. The summed E-state index contributed by atoms with van der Waals surface area (Å²) >= 11 is 11.3. The smallest absolute Gasteiger partial charge is 0.341 e. The van der Waals surface area contributed by atoms with Crippen LogP contribution in [0.1, 0.15) is 72.0 Å². The molecule has 0 saturated heterocycles. The minimum Gasteiger partial charge on any atom is -0.492 e. The molecule has 0 spiro atoms. The van der Waals surface area contributed by atoms with Gasteiger partial charge in [0, 0.05) is 16.3 Å². The highest BCUT2D eigenvalue weighted by molar-refractivity contribution is 9.10. The lowest BCUT2D eigenvalue weighted by Crippen LogP contribution is -2.26. The van der Waals surface area contributed by atoms with Crippen LogP contribution in [0.5, 0.6) is 5.75 Å². The van der Waals surface area contributed by atoms with Crippen LogP contribution in [0.2, 0.25) is 5.02 Å². The van der Waals surface area contributed by atoms with Gasteiger partial charge in [-0.3, -0.25) is 4.79 Å². The Morgan fingerprint density at radius 3 is 2.65 bits per heavy atom. The monoisotopic (exact) mass is 569 g/mol. The van der Waals surface area contributed by atoms with E-state index in [1.165, 1.54) is 23.3 Å². The average Bonchev–Trinajstić information content (AvgIpc) is 3.14. The molecule has 1 aliphatic rings. The van der Waals surface area contributed by atoms with Crippen molar-refractivity contribution in [3.8, 4) is 5.75 Å². The standard InChI is InChI=1S/C26H33BrClNO4S/c1-14-12-18(22(27)15(2)23(14)28)33-11-7-8-20(30)29-24-21(25(31)32-6)17-10-9-16(26(3,4)5)13-19(17)34-24/h12,16H,7-11,13H2,1-6H3,(H,29,30). The molecular formula is C26H33BrClNO4S. The van der Waals surface area contributed by atoms with Gasteiger partial charge >= 0.3 is 5.97 Å². The van der Waals surface area contributed by atoms with Crippen LogP contribution in [0.3, 0.4) is 0 Å². The molecule has 0 aliphatic heterocycles. The largest absolute Gasteiger partial charge is 0.492 e. The normalized spacial score (nSPS) is 15.6. The first-order valence-corrected chi connectivity index (χ1v) is 13.5. The lowest BCUT2D eigenvalue weighted by atomic mass is 9.72. The van der Waals surface area contributed by atoms with E-state index in [0.29, 0.717) is 40.3 Å². The Morgan fingerprint density at radius 1 is 1.29 bits per heavy atom. The number of esters is 1. The molecule has 0 saturated carbocycles. The SMILES string of the molecule is COC(=O)c1c(NC(=O)CCCOc2cc(C)c(Cl)c(C)c2Br)sc2c1CCC(C(C)(C)C)C2. The van der Waals surface area contributed by atoms with E-state index in [-0.39, 0.29) is 23.7 Å². The average molecular weight is 571 g/mol. The number of thiophene rings is 1. The Labute approximate surface area is 219 Å². The van der Waals surface area contributed by atoms with Gasteiger partial charge in [0.15, 0.2) is 0 Å². The van der Waals surface area contributed by atoms with Gasteiger partial charge < -0.3 is 14.8 Å². The summed E-state index contributed by atoms with van der Waals surface area (Å²) < 4.78 is 11.8. The van der Waals surface area contributed by atoms with Gasteiger partial charge in [0.2, 0.25) is 5.91 Å². The highest BCUT2D eigenvalue weighted by atomic mass is 79.9. The van der Waals surface area contributed by atoms with Crippen LogP contribution in [0.25, 0.3) is 0 Å². The predicted octanol–water partition coefficient (Wildman–Crippen LogP) is 7.52. The first-order valence-electron chi connectivity index (χ1n) is 11.5. The van der Waals surface area contributed by atoms with Gasteiger partial charge in [0.05, 0.1) is 23.8 Å². The van der Waals surface area contributed by atoms with E-state index in [4.69, 9.17) is 21.1 Å². The zero-order chi connectivity index (χ0) is 25.2. The fraction of sp³-hybridized carbons (Fsp3) is 0.538. The first kappa shape index (κ1) is 27.0. The fourth-order valence-corrected chi connectivity index (χ4v) is 6.36. The topological polar surface area (TPSA) is 64.6 Å². The number of halogens is 2. The Kier molecular flexibility index (Phi) is 8.75. The van der Waals surface area contributed by atoms with Crippen LogP contribution in [-0.2, 0) is 22.4 Å². The molecule has 8 heteroatoms. The molecule has 2 aromatic rings. The molecule has 1 amide bonds. The molecule has 0 radical (unpaired) electrons. The summed E-state index contributed by atoms with van der Waals surface area (Å²) in [6, 6.07) is 1.89. The number of benzene rings is 1. The van der Waals surface area contributed by atoms with E-state index in [9.17, 15) is 9.59 Å². The van der Waals surface area contributed by atoms with Crippen molar-refractivity contribution < 1.29 is 19.1 Å². The third-order valence-electron chi connectivity index (χ3n) is 6.51. The van der Waals surface area contributed by atoms with E-state index >= 15 is 0 Å². The Hall–Kier alpha value is -1.57. The second-order valence-corrected chi connectivity index (χ2v) is 12.2. The third-order valence-corrected chi connectivity index (χ3v) is 9.24. The molecule has 0 fully saturated rings. The summed E-state index contributed by atoms with van der Waals surface area (Å²) in [6.45, 7) is 11.0. The molecule has 186 valence electrons. The highest BCUT2D eigenvalue weighted by Gasteiger charge is 2.34. The molecule has 0 bridgehead atoms. The number of fused-ring (bicyclic) bond motifs is 1. The van der Waals surface area contributed by atoms with Crippen LogP contribution >= 0.6 is 38.9 Å². The van der Waals surface area contributed by atoms with Gasteiger partial charge in [-0.05, 0) is 89.6 Å². The van der Waals surface area contributed by atoms with E-state index < -0.39 is 0 Å². The van der Waals surface area contributed by atoms with Crippen LogP contribution in [0.15, 0.2) is 10.5 Å².